The Balaban J connectivity index is 2.13. The third-order valence-electron chi connectivity index (χ3n) is 3.44. The molecule has 1 fully saturated rings. The summed E-state index contributed by atoms with van der Waals surface area (Å²) in [5.41, 5.74) is 1.11. The number of benzene rings is 1. The number of nitriles is 1. The van der Waals surface area contributed by atoms with Crippen molar-refractivity contribution in [2.75, 3.05) is 18.0 Å². The van der Waals surface area contributed by atoms with Crippen LogP contribution in [-0.2, 0) is 0 Å². The van der Waals surface area contributed by atoms with Crippen molar-refractivity contribution in [3.8, 4) is 6.07 Å². The van der Waals surface area contributed by atoms with E-state index in [-0.39, 0.29) is 5.92 Å². The molecule has 1 aliphatic rings. The average Bonchev–Trinajstić information content (AvgIpc) is 2.24. The van der Waals surface area contributed by atoms with Crippen LogP contribution in [0.4, 0.5) is 5.69 Å². The molecule has 1 aromatic carbocycles. The van der Waals surface area contributed by atoms with E-state index < -0.39 is 5.60 Å². The maximum absolute atomic E-state index is 10.2. The summed E-state index contributed by atoms with van der Waals surface area (Å²) >= 11 is 3.37. The summed E-state index contributed by atoms with van der Waals surface area (Å²) in [5.74, 6) is 0.264. The van der Waals surface area contributed by atoms with Crippen LogP contribution in [0.15, 0.2) is 22.7 Å². The highest BCUT2D eigenvalue weighted by molar-refractivity contribution is 9.10. The molecule has 0 bridgehead atoms. The molecule has 1 saturated heterocycles. The number of halogens is 1. The zero-order valence-corrected chi connectivity index (χ0v) is 11.5. The molecule has 1 aromatic rings. The predicted octanol–water partition coefficient (Wildman–Crippen LogP) is 2.53. The van der Waals surface area contributed by atoms with Gasteiger partial charge in [-0.25, -0.2) is 0 Å². The van der Waals surface area contributed by atoms with E-state index >= 15 is 0 Å². The van der Waals surface area contributed by atoms with Gasteiger partial charge >= 0.3 is 0 Å². The van der Waals surface area contributed by atoms with Gasteiger partial charge in [-0.05, 0) is 40.0 Å². The van der Waals surface area contributed by atoms with E-state index in [0.29, 0.717) is 18.7 Å². The molecular weight excluding hydrogens is 280 g/mol. The molecule has 0 spiro atoms. The monoisotopic (exact) mass is 294 g/mol. The van der Waals surface area contributed by atoms with Crippen LogP contribution in [0.25, 0.3) is 0 Å². The van der Waals surface area contributed by atoms with Gasteiger partial charge in [0, 0.05) is 23.2 Å². The predicted molar refractivity (Wildman–Crippen MR) is 70.9 cm³/mol. The molecule has 0 atom stereocenters. The Hall–Kier alpha value is -1.05. The Morgan fingerprint density at radius 2 is 2.12 bits per heavy atom. The van der Waals surface area contributed by atoms with Crippen molar-refractivity contribution >= 4 is 21.6 Å². The average molecular weight is 295 g/mol. The summed E-state index contributed by atoms with van der Waals surface area (Å²) in [6, 6.07) is 7.76. The summed E-state index contributed by atoms with van der Waals surface area (Å²) in [5, 5.41) is 19.0. The van der Waals surface area contributed by atoms with Gasteiger partial charge in [-0.15, -0.1) is 0 Å². The van der Waals surface area contributed by atoms with Crippen LogP contribution >= 0.6 is 15.9 Å². The van der Waals surface area contributed by atoms with E-state index in [9.17, 15) is 5.11 Å². The van der Waals surface area contributed by atoms with E-state index in [1.54, 1.807) is 6.07 Å². The Kier molecular flexibility index (Phi) is 3.15. The molecule has 2 rings (SSSR count). The van der Waals surface area contributed by atoms with Crippen molar-refractivity contribution < 1.29 is 5.11 Å². The summed E-state index contributed by atoms with van der Waals surface area (Å²) in [6.07, 6.45) is 0. The largest absolute Gasteiger partial charge is 0.386 e. The fraction of sp³-hybridized carbons (Fsp3) is 0.462. The Labute approximate surface area is 110 Å². The Morgan fingerprint density at radius 3 is 2.59 bits per heavy atom. The molecule has 1 aliphatic heterocycles. The molecular formula is C13H15BrN2O. The number of rotatable bonds is 2. The number of aliphatic hydroxyl groups is 1. The molecule has 0 radical (unpaired) electrons. The SMILES string of the molecule is CC(C)C1(O)CN(c2ccc(C#N)c(Br)c2)C1. The lowest BCUT2D eigenvalue weighted by Crippen LogP contribution is -2.64. The second kappa shape index (κ2) is 4.32. The van der Waals surface area contributed by atoms with Crippen LogP contribution < -0.4 is 4.90 Å². The Bertz CT molecular complexity index is 473. The molecule has 1 N–H and O–H groups in total. The van der Waals surface area contributed by atoms with Crippen molar-refractivity contribution in [3.63, 3.8) is 0 Å². The minimum absolute atomic E-state index is 0.264. The van der Waals surface area contributed by atoms with E-state index in [0.717, 1.165) is 10.2 Å². The highest BCUT2D eigenvalue weighted by Crippen LogP contribution is 2.34. The smallest absolute Gasteiger partial charge is 0.102 e. The van der Waals surface area contributed by atoms with Gasteiger partial charge in [0.05, 0.1) is 5.56 Å². The zero-order chi connectivity index (χ0) is 12.6. The first-order valence-corrected chi connectivity index (χ1v) is 6.42. The van der Waals surface area contributed by atoms with E-state index in [4.69, 9.17) is 5.26 Å². The molecule has 1 heterocycles. The maximum Gasteiger partial charge on any atom is 0.102 e. The normalized spacial score (nSPS) is 17.8. The van der Waals surface area contributed by atoms with Crippen LogP contribution in [0.5, 0.6) is 0 Å². The molecule has 0 aromatic heterocycles. The van der Waals surface area contributed by atoms with Crippen LogP contribution in [0, 0.1) is 17.2 Å². The van der Waals surface area contributed by atoms with E-state index in [2.05, 4.69) is 26.9 Å². The van der Waals surface area contributed by atoms with Gasteiger partial charge in [0.25, 0.3) is 0 Å². The van der Waals surface area contributed by atoms with E-state index in [1.807, 2.05) is 26.0 Å². The first-order chi connectivity index (χ1) is 7.96. The lowest BCUT2D eigenvalue weighted by Gasteiger charge is -2.50. The fourth-order valence-electron chi connectivity index (χ4n) is 1.95. The lowest BCUT2D eigenvalue weighted by atomic mass is 9.82. The zero-order valence-electron chi connectivity index (χ0n) is 9.94. The van der Waals surface area contributed by atoms with Gasteiger partial charge in [-0.3, -0.25) is 0 Å². The summed E-state index contributed by atoms with van der Waals surface area (Å²) < 4.78 is 0.803. The second-order valence-corrected chi connectivity index (χ2v) is 5.74. The first kappa shape index (κ1) is 12.4. The fourth-order valence-corrected chi connectivity index (χ4v) is 2.41. The standard InChI is InChI=1S/C13H15BrN2O/c1-9(2)13(17)7-16(8-13)11-4-3-10(6-15)12(14)5-11/h3-5,9,17H,7-8H2,1-2H3. The van der Waals surface area contributed by atoms with Gasteiger partial charge in [0.1, 0.15) is 11.7 Å². The van der Waals surface area contributed by atoms with Gasteiger partial charge in [0.15, 0.2) is 0 Å². The van der Waals surface area contributed by atoms with E-state index in [1.165, 1.54) is 0 Å². The minimum Gasteiger partial charge on any atom is -0.386 e. The molecule has 0 unspecified atom stereocenters. The molecule has 90 valence electrons. The number of hydrogen-bond acceptors (Lipinski definition) is 3. The Morgan fingerprint density at radius 1 is 1.47 bits per heavy atom. The number of nitrogens with zero attached hydrogens (tertiary/aromatic N) is 2. The lowest BCUT2D eigenvalue weighted by molar-refractivity contribution is -0.0300. The highest BCUT2D eigenvalue weighted by atomic mass is 79.9. The van der Waals surface area contributed by atoms with Crippen LogP contribution in [0.2, 0.25) is 0 Å². The summed E-state index contributed by atoms with van der Waals surface area (Å²) in [4.78, 5) is 2.12. The summed E-state index contributed by atoms with van der Waals surface area (Å²) in [6.45, 7) is 5.38. The third kappa shape index (κ3) is 2.18. The molecule has 0 aliphatic carbocycles. The maximum atomic E-state index is 10.2. The number of hydrogen-bond donors (Lipinski definition) is 1. The third-order valence-corrected chi connectivity index (χ3v) is 4.10. The van der Waals surface area contributed by atoms with Crippen LogP contribution in [-0.4, -0.2) is 23.8 Å². The van der Waals surface area contributed by atoms with Gasteiger partial charge in [-0.1, -0.05) is 13.8 Å². The van der Waals surface area contributed by atoms with Crippen molar-refractivity contribution in [2.45, 2.75) is 19.4 Å². The van der Waals surface area contributed by atoms with Crippen LogP contribution in [0.3, 0.4) is 0 Å². The van der Waals surface area contributed by atoms with Crippen molar-refractivity contribution in [1.82, 2.24) is 0 Å². The number of β-amino-alcohol motifs (C(OH)–C–C–N with tert-alkyl or cyclic N) is 1. The summed E-state index contributed by atoms with van der Waals surface area (Å²) in [7, 11) is 0. The highest BCUT2D eigenvalue weighted by Gasteiger charge is 2.43. The first-order valence-electron chi connectivity index (χ1n) is 5.63. The molecule has 0 amide bonds. The molecule has 17 heavy (non-hydrogen) atoms. The number of anilines is 1. The topological polar surface area (TPSA) is 47.3 Å². The quantitative estimate of drug-likeness (QED) is 0.912. The second-order valence-electron chi connectivity index (χ2n) is 4.89. The van der Waals surface area contributed by atoms with Crippen LogP contribution in [0.1, 0.15) is 19.4 Å². The minimum atomic E-state index is -0.569. The molecule has 4 heteroatoms. The van der Waals surface area contributed by atoms with Gasteiger partial charge in [-0.2, -0.15) is 5.26 Å². The van der Waals surface area contributed by atoms with Crippen molar-refractivity contribution in [1.29, 1.82) is 5.26 Å². The van der Waals surface area contributed by atoms with Gasteiger partial charge in [0.2, 0.25) is 0 Å². The van der Waals surface area contributed by atoms with Crippen molar-refractivity contribution in [3.05, 3.63) is 28.2 Å². The van der Waals surface area contributed by atoms with Crippen molar-refractivity contribution in [2.24, 2.45) is 5.92 Å². The molecule has 0 saturated carbocycles. The molecule has 3 nitrogen and oxygen atoms in total. The van der Waals surface area contributed by atoms with Gasteiger partial charge < -0.3 is 10.0 Å².